The fourth-order valence-corrected chi connectivity index (χ4v) is 2.96. The number of amides is 1. The Balaban J connectivity index is 1.68. The molecule has 1 fully saturated rings. The van der Waals surface area contributed by atoms with E-state index in [0.717, 1.165) is 18.8 Å². The van der Waals surface area contributed by atoms with Gasteiger partial charge in [0.15, 0.2) is 11.6 Å². The van der Waals surface area contributed by atoms with Gasteiger partial charge in [0.1, 0.15) is 0 Å². The van der Waals surface area contributed by atoms with E-state index in [1.165, 1.54) is 25.5 Å². The van der Waals surface area contributed by atoms with Crippen LogP contribution in [0.15, 0.2) is 36.7 Å². The Hall–Kier alpha value is -2.50. The number of aromatic nitrogens is 3. The molecule has 0 aliphatic carbocycles. The van der Waals surface area contributed by atoms with Gasteiger partial charge < -0.3 is 10.2 Å². The van der Waals surface area contributed by atoms with Crippen molar-refractivity contribution in [1.29, 1.82) is 0 Å². The zero-order valence-electron chi connectivity index (χ0n) is 13.3. The number of carbonyl (C=O) groups excluding carboxylic acids is 1. The predicted molar refractivity (Wildman–Crippen MR) is 89.5 cm³/mol. The van der Waals surface area contributed by atoms with Crippen molar-refractivity contribution in [3.05, 3.63) is 42.2 Å². The van der Waals surface area contributed by atoms with Gasteiger partial charge in [0.2, 0.25) is 0 Å². The zero-order valence-corrected chi connectivity index (χ0v) is 13.3. The number of nitrogens with zero attached hydrogens (tertiary/aromatic N) is 4. The SMILES string of the molecule is CCC1CCCCN1c1ccc(NC(=O)c2cccnc2)nn1. The van der Waals surface area contributed by atoms with Gasteiger partial charge in [-0.15, -0.1) is 10.2 Å². The minimum Gasteiger partial charge on any atom is -0.352 e. The molecule has 23 heavy (non-hydrogen) atoms. The lowest BCUT2D eigenvalue weighted by Gasteiger charge is -2.35. The first kappa shape index (κ1) is 15.4. The van der Waals surface area contributed by atoms with E-state index < -0.39 is 0 Å². The Bertz CT molecular complexity index is 644. The van der Waals surface area contributed by atoms with Crippen LogP contribution in [0.5, 0.6) is 0 Å². The molecule has 0 spiro atoms. The number of hydrogen-bond acceptors (Lipinski definition) is 5. The second-order valence-electron chi connectivity index (χ2n) is 5.72. The van der Waals surface area contributed by atoms with Crippen LogP contribution in [0.25, 0.3) is 0 Å². The summed E-state index contributed by atoms with van der Waals surface area (Å²) < 4.78 is 0. The Kier molecular flexibility index (Phi) is 4.80. The van der Waals surface area contributed by atoms with E-state index in [-0.39, 0.29) is 5.91 Å². The van der Waals surface area contributed by atoms with Crippen LogP contribution in [-0.4, -0.2) is 33.7 Å². The van der Waals surface area contributed by atoms with E-state index >= 15 is 0 Å². The average molecular weight is 311 g/mol. The molecule has 1 unspecified atom stereocenters. The first-order chi connectivity index (χ1) is 11.3. The highest BCUT2D eigenvalue weighted by Crippen LogP contribution is 2.24. The third kappa shape index (κ3) is 3.64. The molecule has 1 aliphatic rings. The van der Waals surface area contributed by atoms with Crippen molar-refractivity contribution in [2.24, 2.45) is 0 Å². The van der Waals surface area contributed by atoms with Crippen LogP contribution >= 0.6 is 0 Å². The number of hydrogen-bond donors (Lipinski definition) is 1. The van der Waals surface area contributed by atoms with Gasteiger partial charge in [-0.1, -0.05) is 6.92 Å². The first-order valence-electron chi connectivity index (χ1n) is 8.09. The molecular formula is C17H21N5O. The second-order valence-corrected chi connectivity index (χ2v) is 5.72. The van der Waals surface area contributed by atoms with Crippen LogP contribution < -0.4 is 10.2 Å². The van der Waals surface area contributed by atoms with Gasteiger partial charge in [0.25, 0.3) is 5.91 Å². The zero-order chi connectivity index (χ0) is 16.1. The van der Waals surface area contributed by atoms with Crippen LogP contribution in [-0.2, 0) is 0 Å². The van der Waals surface area contributed by atoms with E-state index in [1.54, 1.807) is 24.4 Å². The fourth-order valence-electron chi connectivity index (χ4n) is 2.96. The minimum absolute atomic E-state index is 0.232. The largest absolute Gasteiger partial charge is 0.352 e. The second kappa shape index (κ2) is 7.17. The maximum absolute atomic E-state index is 12.1. The van der Waals surface area contributed by atoms with E-state index in [9.17, 15) is 4.79 Å². The van der Waals surface area contributed by atoms with E-state index in [0.29, 0.717) is 17.4 Å². The maximum atomic E-state index is 12.1. The van der Waals surface area contributed by atoms with E-state index in [4.69, 9.17) is 0 Å². The summed E-state index contributed by atoms with van der Waals surface area (Å²) in [6, 6.07) is 7.71. The summed E-state index contributed by atoms with van der Waals surface area (Å²) >= 11 is 0. The summed E-state index contributed by atoms with van der Waals surface area (Å²) in [4.78, 5) is 18.3. The third-order valence-corrected chi connectivity index (χ3v) is 4.21. The molecule has 0 bridgehead atoms. The number of rotatable bonds is 4. The van der Waals surface area contributed by atoms with Gasteiger partial charge in [0.05, 0.1) is 5.56 Å². The van der Waals surface area contributed by atoms with Crippen molar-refractivity contribution in [3.63, 3.8) is 0 Å². The van der Waals surface area contributed by atoms with Crippen molar-refractivity contribution in [1.82, 2.24) is 15.2 Å². The lowest BCUT2D eigenvalue weighted by molar-refractivity contribution is 0.102. The molecule has 6 nitrogen and oxygen atoms in total. The van der Waals surface area contributed by atoms with Gasteiger partial charge in [-0.3, -0.25) is 9.78 Å². The number of pyridine rings is 1. The van der Waals surface area contributed by atoms with Gasteiger partial charge in [-0.05, 0) is 49.9 Å². The molecule has 1 atom stereocenters. The standard InChI is InChI=1S/C17H21N5O/c1-2-14-7-3-4-11-22(14)16-9-8-15(20-21-16)19-17(23)13-6-5-10-18-12-13/h5-6,8-10,12,14H,2-4,7,11H2,1H3,(H,19,20,23). The Morgan fingerprint density at radius 3 is 2.91 bits per heavy atom. The molecule has 6 heteroatoms. The summed E-state index contributed by atoms with van der Waals surface area (Å²) in [6.07, 6.45) is 7.95. The Labute approximate surface area is 136 Å². The molecule has 120 valence electrons. The molecule has 2 aromatic heterocycles. The molecular weight excluding hydrogens is 290 g/mol. The highest BCUT2D eigenvalue weighted by molar-refractivity contribution is 6.03. The third-order valence-electron chi connectivity index (χ3n) is 4.21. The predicted octanol–water partition coefficient (Wildman–Crippen LogP) is 2.89. The van der Waals surface area contributed by atoms with Crippen molar-refractivity contribution >= 4 is 17.5 Å². The molecule has 0 radical (unpaired) electrons. The lowest BCUT2D eigenvalue weighted by Crippen LogP contribution is -2.39. The van der Waals surface area contributed by atoms with E-state index in [1.807, 2.05) is 6.07 Å². The quantitative estimate of drug-likeness (QED) is 0.940. The van der Waals surface area contributed by atoms with Crippen molar-refractivity contribution in [3.8, 4) is 0 Å². The number of carbonyl (C=O) groups is 1. The molecule has 1 saturated heterocycles. The van der Waals surface area contributed by atoms with E-state index in [2.05, 4.69) is 32.3 Å². The molecule has 1 aliphatic heterocycles. The van der Waals surface area contributed by atoms with Crippen LogP contribution in [0.1, 0.15) is 43.0 Å². The monoisotopic (exact) mass is 311 g/mol. The van der Waals surface area contributed by atoms with Crippen LogP contribution in [0, 0.1) is 0 Å². The summed E-state index contributed by atoms with van der Waals surface area (Å²) in [7, 11) is 0. The topological polar surface area (TPSA) is 71.0 Å². The van der Waals surface area contributed by atoms with Gasteiger partial charge in [-0.2, -0.15) is 0 Å². The lowest BCUT2D eigenvalue weighted by atomic mass is 10.0. The first-order valence-corrected chi connectivity index (χ1v) is 8.09. The molecule has 3 heterocycles. The fraction of sp³-hybridized carbons (Fsp3) is 0.412. The maximum Gasteiger partial charge on any atom is 0.258 e. The number of piperidine rings is 1. The minimum atomic E-state index is -0.232. The highest BCUT2D eigenvalue weighted by atomic mass is 16.1. The molecule has 0 aromatic carbocycles. The summed E-state index contributed by atoms with van der Waals surface area (Å²) in [5, 5.41) is 11.2. The van der Waals surface area contributed by atoms with Crippen LogP contribution in [0.2, 0.25) is 0 Å². The summed E-state index contributed by atoms with van der Waals surface area (Å²) in [6.45, 7) is 3.23. The number of nitrogens with one attached hydrogen (secondary N) is 1. The Morgan fingerprint density at radius 1 is 1.30 bits per heavy atom. The molecule has 1 N–H and O–H groups in total. The molecule has 2 aromatic rings. The van der Waals surface area contributed by atoms with Crippen molar-refractivity contribution in [2.45, 2.75) is 38.6 Å². The van der Waals surface area contributed by atoms with Gasteiger partial charge >= 0.3 is 0 Å². The van der Waals surface area contributed by atoms with Crippen LogP contribution in [0.3, 0.4) is 0 Å². The molecule has 3 rings (SSSR count). The van der Waals surface area contributed by atoms with Gasteiger partial charge in [-0.25, -0.2) is 0 Å². The normalized spacial score (nSPS) is 17.8. The van der Waals surface area contributed by atoms with Crippen molar-refractivity contribution < 1.29 is 4.79 Å². The average Bonchev–Trinajstić information content (AvgIpc) is 2.63. The summed E-state index contributed by atoms with van der Waals surface area (Å²) in [5.74, 6) is 1.10. The highest BCUT2D eigenvalue weighted by Gasteiger charge is 2.22. The Morgan fingerprint density at radius 2 is 2.22 bits per heavy atom. The number of anilines is 2. The summed E-state index contributed by atoms with van der Waals surface area (Å²) in [5.41, 5.74) is 0.500. The van der Waals surface area contributed by atoms with Gasteiger partial charge in [0, 0.05) is 25.0 Å². The molecule has 0 saturated carbocycles. The van der Waals surface area contributed by atoms with Crippen LogP contribution in [0.4, 0.5) is 11.6 Å². The van der Waals surface area contributed by atoms with Crippen molar-refractivity contribution in [2.75, 3.05) is 16.8 Å². The smallest absolute Gasteiger partial charge is 0.258 e. The molecule has 1 amide bonds.